The Bertz CT molecular complexity index is 812. The minimum atomic E-state index is -0.262. The van der Waals surface area contributed by atoms with E-state index in [9.17, 15) is 4.79 Å². The van der Waals surface area contributed by atoms with E-state index < -0.39 is 0 Å². The number of hydrogen-bond donors (Lipinski definition) is 1. The van der Waals surface area contributed by atoms with Crippen molar-refractivity contribution in [2.75, 3.05) is 31.0 Å². The Labute approximate surface area is 157 Å². The molecular formula is C19H21ClN2O4. The van der Waals surface area contributed by atoms with Crippen LogP contribution in [0.1, 0.15) is 13.3 Å². The summed E-state index contributed by atoms with van der Waals surface area (Å²) in [5.74, 6) is 1.79. The minimum Gasteiger partial charge on any atom is -0.493 e. The van der Waals surface area contributed by atoms with Crippen molar-refractivity contribution in [1.82, 2.24) is 0 Å². The molecule has 2 aromatic rings. The number of rotatable bonds is 4. The van der Waals surface area contributed by atoms with Gasteiger partial charge < -0.3 is 19.5 Å². The van der Waals surface area contributed by atoms with Crippen molar-refractivity contribution in [1.29, 1.82) is 0 Å². The fraction of sp³-hybridized carbons (Fsp3) is 0.316. The summed E-state index contributed by atoms with van der Waals surface area (Å²) in [7, 11) is 3.12. The van der Waals surface area contributed by atoms with Crippen molar-refractivity contribution in [3.05, 3.63) is 41.4 Å². The first-order valence-corrected chi connectivity index (χ1v) is 8.70. The SMILES string of the molecule is CC[C@H]1CN(C(=O)Nc2ccc(OC)c(OC)c2)c2cc(Cl)ccc2O1. The third kappa shape index (κ3) is 3.65. The van der Waals surface area contributed by atoms with E-state index in [1.54, 1.807) is 55.5 Å². The molecule has 0 bridgehead atoms. The number of carbonyl (C=O) groups excluding carboxylic acids is 1. The number of nitrogens with zero attached hydrogens (tertiary/aromatic N) is 1. The molecule has 2 aromatic carbocycles. The molecule has 0 radical (unpaired) electrons. The number of methoxy groups -OCH3 is 2. The highest BCUT2D eigenvalue weighted by Crippen LogP contribution is 2.37. The van der Waals surface area contributed by atoms with E-state index in [1.807, 2.05) is 6.92 Å². The normalized spacial score (nSPS) is 15.7. The Balaban J connectivity index is 1.86. The average molecular weight is 377 g/mol. The van der Waals surface area contributed by atoms with Gasteiger partial charge in [0.25, 0.3) is 0 Å². The summed E-state index contributed by atoms with van der Waals surface area (Å²) >= 11 is 6.11. The molecule has 7 heteroatoms. The maximum atomic E-state index is 12.9. The van der Waals surface area contributed by atoms with Crippen LogP contribution in [0.5, 0.6) is 17.2 Å². The van der Waals surface area contributed by atoms with Crippen LogP contribution in [0.3, 0.4) is 0 Å². The molecular weight excluding hydrogens is 356 g/mol. The molecule has 26 heavy (non-hydrogen) atoms. The molecule has 6 nitrogen and oxygen atoms in total. The Hall–Kier alpha value is -2.60. The molecule has 1 atom stereocenters. The molecule has 0 unspecified atom stereocenters. The van der Waals surface area contributed by atoms with Gasteiger partial charge in [-0.3, -0.25) is 4.90 Å². The van der Waals surface area contributed by atoms with Crippen LogP contribution in [0, 0.1) is 0 Å². The number of amides is 2. The van der Waals surface area contributed by atoms with Crippen molar-refractivity contribution >= 4 is 29.0 Å². The number of anilines is 2. The van der Waals surface area contributed by atoms with Crippen LogP contribution in [0.15, 0.2) is 36.4 Å². The second-order valence-electron chi connectivity index (χ2n) is 5.87. The fourth-order valence-corrected chi connectivity index (χ4v) is 3.00. The van der Waals surface area contributed by atoms with E-state index in [2.05, 4.69) is 5.32 Å². The summed E-state index contributed by atoms with van der Waals surface area (Å²) in [6, 6.07) is 10.2. The highest BCUT2D eigenvalue weighted by molar-refractivity contribution is 6.31. The minimum absolute atomic E-state index is 0.0696. The quantitative estimate of drug-likeness (QED) is 0.849. The fourth-order valence-electron chi connectivity index (χ4n) is 2.83. The lowest BCUT2D eigenvalue weighted by molar-refractivity contribution is 0.188. The molecule has 1 heterocycles. The van der Waals surface area contributed by atoms with E-state index >= 15 is 0 Å². The summed E-state index contributed by atoms with van der Waals surface area (Å²) in [4.78, 5) is 14.5. The highest BCUT2D eigenvalue weighted by atomic mass is 35.5. The first kappa shape index (κ1) is 18.2. The molecule has 0 spiro atoms. The van der Waals surface area contributed by atoms with Gasteiger partial charge in [-0.2, -0.15) is 0 Å². The summed E-state index contributed by atoms with van der Waals surface area (Å²) in [5.41, 5.74) is 1.26. The lowest BCUT2D eigenvalue weighted by atomic mass is 10.1. The van der Waals surface area contributed by atoms with Crippen molar-refractivity contribution in [3.63, 3.8) is 0 Å². The molecule has 3 rings (SSSR count). The zero-order chi connectivity index (χ0) is 18.7. The molecule has 138 valence electrons. The maximum Gasteiger partial charge on any atom is 0.326 e. The summed E-state index contributed by atoms with van der Waals surface area (Å²) in [6.07, 6.45) is 0.724. The Morgan fingerprint density at radius 3 is 2.69 bits per heavy atom. The standard InChI is InChI=1S/C19H21ClN2O4/c1-4-14-11-22(15-9-12(20)5-7-16(15)26-14)19(23)21-13-6-8-17(24-2)18(10-13)25-3/h5-10,14H,4,11H2,1-3H3,(H,21,23)/t14-/m0/s1. The molecule has 1 N–H and O–H groups in total. The average Bonchev–Trinajstić information content (AvgIpc) is 2.66. The van der Waals surface area contributed by atoms with Crippen LogP contribution in [0.2, 0.25) is 5.02 Å². The second kappa shape index (κ2) is 7.74. The first-order valence-electron chi connectivity index (χ1n) is 8.32. The topological polar surface area (TPSA) is 60.0 Å². The van der Waals surface area contributed by atoms with Crippen molar-refractivity contribution in [2.24, 2.45) is 0 Å². The number of halogens is 1. The van der Waals surface area contributed by atoms with Gasteiger partial charge in [-0.15, -0.1) is 0 Å². The van der Waals surface area contributed by atoms with Crippen molar-refractivity contribution in [2.45, 2.75) is 19.4 Å². The van der Waals surface area contributed by atoms with Crippen LogP contribution in [-0.4, -0.2) is 32.9 Å². The highest BCUT2D eigenvalue weighted by Gasteiger charge is 2.29. The zero-order valence-corrected chi connectivity index (χ0v) is 15.7. The van der Waals surface area contributed by atoms with Crippen LogP contribution >= 0.6 is 11.6 Å². The lowest BCUT2D eigenvalue weighted by Crippen LogP contribution is -2.45. The molecule has 1 aliphatic rings. The molecule has 0 fully saturated rings. The Kier molecular flexibility index (Phi) is 5.42. The number of ether oxygens (including phenoxy) is 3. The lowest BCUT2D eigenvalue weighted by Gasteiger charge is -2.34. The molecule has 0 saturated heterocycles. The van der Waals surface area contributed by atoms with Gasteiger partial charge in [0.2, 0.25) is 0 Å². The number of urea groups is 1. The summed E-state index contributed by atoms with van der Waals surface area (Å²) in [6.45, 7) is 2.47. The Morgan fingerprint density at radius 1 is 1.23 bits per heavy atom. The predicted molar refractivity (Wildman–Crippen MR) is 102 cm³/mol. The van der Waals surface area contributed by atoms with Gasteiger partial charge in [0.15, 0.2) is 11.5 Å². The van der Waals surface area contributed by atoms with Crippen molar-refractivity contribution < 1.29 is 19.0 Å². The van der Waals surface area contributed by atoms with Gasteiger partial charge in [0.05, 0.1) is 26.5 Å². The summed E-state index contributed by atoms with van der Waals surface area (Å²) < 4.78 is 16.4. The Morgan fingerprint density at radius 2 is 2.00 bits per heavy atom. The van der Waals surface area contributed by atoms with Crippen LogP contribution in [0.25, 0.3) is 0 Å². The van der Waals surface area contributed by atoms with Gasteiger partial charge in [-0.05, 0) is 36.8 Å². The summed E-state index contributed by atoms with van der Waals surface area (Å²) in [5, 5.41) is 3.44. The third-order valence-electron chi connectivity index (χ3n) is 4.23. The molecule has 1 aliphatic heterocycles. The van der Waals surface area contributed by atoms with Gasteiger partial charge in [-0.1, -0.05) is 18.5 Å². The molecule has 0 aliphatic carbocycles. The van der Waals surface area contributed by atoms with E-state index in [-0.39, 0.29) is 12.1 Å². The second-order valence-corrected chi connectivity index (χ2v) is 6.31. The van der Waals surface area contributed by atoms with E-state index in [4.69, 9.17) is 25.8 Å². The first-order chi connectivity index (χ1) is 12.5. The zero-order valence-electron chi connectivity index (χ0n) is 14.9. The van der Waals surface area contributed by atoms with Crippen LogP contribution < -0.4 is 24.4 Å². The number of fused-ring (bicyclic) bond motifs is 1. The monoisotopic (exact) mass is 376 g/mol. The van der Waals surface area contributed by atoms with E-state index in [0.717, 1.165) is 6.42 Å². The molecule has 0 saturated carbocycles. The number of benzene rings is 2. The number of nitrogens with one attached hydrogen (secondary N) is 1. The van der Waals surface area contributed by atoms with Crippen molar-refractivity contribution in [3.8, 4) is 17.2 Å². The maximum absolute atomic E-state index is 12.9. The largest absolute Gasteiger partial charge is 0.493 e. The number of carbonyl (C=O) groups is 1. The van der Waals surface area contributed by atoms with Crippen LogP contribution in [0.4, 0.5) is 16.2 Å². The van der Waals surface area contributed by atoms with E-state index in [0.29, 0.717) is 40.2 Å². The van der Waals surface area contributed by atoms with Gasteiger partial charge in [-0.25, -0.2) is 4.79 Å². The van der Waals surface area contributed by atoms with E-state index in [1.165, 1.54) is 0 Å². The molecule has 0 aromatic heterocycles. The van der Waals surface area contributed by atoms with Gasteiger partial charge in [0.1, 0.15) is 11.9 Å². The van der Waals surface area contributed by atoms with Gasteiger partial charge >= 0.3 is 6.03 Å². The predicted octanol–water partition coefficient (Wildman–Crippen LogP) is 4.57. The van der Waals surface area contributed by atoms with Gasteiger partial charge in [0, 0.05) is 16.8 Å². The van der Waals surface area contributed by atoms with Crippen LogP contribution in [-0.2, 0) is 0 Å². The molecule has 2 amide bonds. The third-order valence-corrected chi connectivity index (χ3v) is 4.46. The number of hydrogen-bond acceptors (Lipinski definition) is 4. The smallest absolute Gasteiger partial charge is 0.326 e.